The fourth-order valence-electron chi connectivity index (χ4n) is 2.03. The molecular weight excluding hydrogens is 310 g/mol. The Hall–Kier alpha value is -1.10. The lowest BCUT2D eigenvalue weighted by Crippen LogP contribution is -2.10. The Balaban J connectivity index is 2.10. The molecule has 3 rings (SSSR count). The summed E-state index contributed by atoms with van der Waals surface area (Å²) in [6, 6.07) is 9.90. The van der Waals surface area contributed by atoms with Crippen LogP contribution in [0.2, 0.25) is 0 Å². The van der Waals surface area contributed by atoms with E-state index in [1.807, 2.05) is 24.3 Å². The van der Waals surface area contributed by atoms with E-state index < -0.39 is 0 Å². The van der Waals surface area contributed by atoms with Gasteiger partial charge in [-0.05, 0) is 52.0 Å². The van der Waals surface area contributed by atoms with Gasteiger partial charge in [0.15, 0.2) is 0 Å². The minimum Gasteiger partial charge on any atom is -0.458 e. The number of para-hydroxylation sites is 1. The fraction of sp³-hybridized carbons (Fsp3) is 0.143. The Bertz CT molecular complexity index is 701. The third-order valence-electron chi connectivity index (χ3n) is 3.01. The summed E-state index contributed by atoms with van der Waals surface area (Å²) in [5, 5.41) is 3.13. The second kappa shape index (κ2) is 4.53. The van der Waals surface area contributed by atoms with E-state index in [2.05, 4.69) is 34.3 Å². The molecule has 2 aromatic heterocycles. The minimum atomic E-state index is -0.190. The quantitative estimate of drug-likeness (QED) is 0.748. The molecule has 0 aliphatic carbocycles. The van der Waals surface area contributed by atoms with Crippen molar-refractivity contribution >= 4 is 38.2 Å². The van der Waals surface area contributed by atoms with Crippen molar-refractivity contribution in [3.63, 3.8) is 0 Å². The van der Waals surface area contributed by atoms with Crippen molar-refractivity contribution in [1.29, 1.82) is 0 Å². The van der Waals surface area contributed by atoms with Gasteiger partial charge >= 0.3 is 0 Å². The van der Waals surface area contributed by atoms with Gasteiger partial charge in [0, 0.05) is 10.3 Å². The first kappa shape index (κ1) is 12.0. The third-order valence-corrected chi connectivity index (χ3v) is 4.73. The molecule has 0 fully saturated rings. The largest absolute Gasteiger partial charge is 0.458 e. The van der Waals surface area contributed by atoms with E-state index in [0.29, 0.717) is 0 Å². The zero-order valence-electron chi connectivity index (χ0n) is 9.81. The monoisotopic (exact) mass is 321 g/mol. The molecular formula is C14H12BrNOS. The third kappa shape index (κ3) is 1.90. The van der Waals surface area contributed by atoms with Gasteiger partial charge in [0.05, 0.1) is 10.5 Å². The summed E-state index contributed by atoms with van der Waals surface area (Å²) < 4.78 is 6.83. The zero-order valence-corrected chi connectivity index (χ0v) is 12.2. The first-order chi connectivity index (χ1) is 8.66. The average molecular weight is 322 g/mol. The van der Waals surface area contributed by atoms with E-state index in [-0.39, 0.29) is 6.04 Å². The number of thiophene rings is 1. The number of furan rings is 1. The molecule has 0 spiro atoms. The molecule has 0 amide bonds. The highest BCUT2D eigenvalue weighted by Gasteiger charge is 2.17. The predicted octanol–water partition coefficient (Wildman–Crippen LogP) is 4.61. The summed E-state index contributed by atoms with van der Waals surface area (Å²) in [7, 11) is 0. The van der Waals surface area contributed by atoms with Gasteiger partial charge in [-0.25, -0.2) is 0 Å². The fourth-order valence-corrected chi connectivity index (χ4v) is 3.43. The topological polar surface area (TPSA) is 39.2 Å². The normalized spacial score (nSPS) is 13.1. The van der Waals surface area contributed by atoms with Gasteiger partial charge in [-0.2, -0.15) is 0 Å². The molecule has 2 nitrogen and oxygen atoms in total. The van der Waals surface area contributed by atoms with Crippen molar-refractivity contribution in [2.75, 3.05) is 0 Å². The van der Waals surface area contributed by atoms with Crippen LogP contribution in [-0.2, 0) is 0 Å². The molecule has 0 aliphatic heterocycles. The molecule has 0 radical (unpaired) electrons. The minimum absolute atomic E-state index is 0.190. The lowest BCUT2D eigenvalue weighted by Gasteiger charge is -2.07. The zero-order chi connectivity index (χ0) is 12.7. The van der Waals surface area contributed by atoms with Gasteiger partial charge in [0.1, 0.15) is 11.3 Å². The first-order valence-corrected chi connectivity index (χ1v) is 7.31. The first-order valence-electron chi connectivity index (χ1n) is 5.64. The van der Waals surface area contributed by atoms with Crippen molar-refractivity contribution in [1.82, 2.24) is 0 Å². The maximum Gasteiger partial charge on any atom is 0.148 e. The van der Waals surface area contributed by atoms with Crippen LogP contribution in [0.4, 0.5) is 0 Å². The predicted molar refractivity (Wildman–Crippen MR) is 79.0 cm³/mol. The maximum absolute atomic E-state index is 6.28. The van der Waals surface area contributed by atoms with E-state index in [0.717, 1.165) is 26.1 Å². The van der Waals surface area contributed by atoms with E-state index >= 15 is 0 Å². The van der Waals surface area contributed by atoms with Crippen LogP contribution in [-0.4, -0.2) is 0 Å². The number of nitrogens with two attached hydrogens (primary N) is 1. The van der Waals surface area contributed by atoms with Crippen molar-refractivity contribution in [2.45, 2.75) is 13.0 Å². The highest BCUT2D eigenvalue weighted by molar-refractivity contribution is 9.10. The van der Waals surface area contributed by atoms with Crippen LogP contribution in [0.15, 0.2) is 44.6 Å². The van der Waals surface area contributed by atoms with Crippen molar-refractivity contribution in [3.05, 3.63) is 56.4 Å². The molecule has 18 heavy (non-hydrogen) atoms. The summed E-state index contributed by atoms with van der Waals surface area (Å²) in [4.78, 5) is 1.16. The van der Waals surface area contributed by atoms with Gasteiger partial charge in [-0.1, -0.05) is 12.1 Å². The molecule has 2 N–H and O–H groups in total. The van der Waals surface area contributed by atoms with Gasteiger partial charge in [-0.15, -0.1) is 11.3 Å². The molecule has 92 valence electrons. The second-order valence-electron chi connectivity index (χ2n) is 4.25. The SMILES string of the molecule is Cc1ccsc1C(N)c1cc2cccc(Br)c2o1. The molecule has 0 saturated heterocycles. The summed E-state index contributed by atoms with van der Waals surface area (Å²) in [6.45, 7) is 2.07. The van der Waals surface area contributed by atoms with Crippen LogP contribution in [0.1, 0.15) is 22.2 Å². The lowest BCUT2D eigenvalue weighted by molar-refractivity contribution is 0.526. The van der Waals surface area contributed by atoms with Crippen molar-refractivity contribution in [3.8, 4) is 0 Å². The van der Waals surface area contributed by atoms with Gasteiger partial charge in [0.25, 0.3) is 0 Å². The Morgan fingerprint density at radius 2 is 2.17 bits per heavy atom. The smallest absolute Gasteiger partial charge is 0.148 e. The van der Waals surface area contributed by atoms with Gasteiger partial charge in [-0.3, -0.25) is 0 Å². The molecule has 0 aliphatic rings. The highest BCUT2D eigenvalue weighted by atomic mass is 79.9. The number of rotatable bonds is 2. The number of hydrogen-bond acceptors (Lipinski definition) is 3. The number of halogens is 1. The van der Waals surface area contributed by atoms with Crippen LogP contribution in [0, 0.1) is 6.92 Å². The van der Waals surface area contributed by atoms with Crippen molar-refractivity contribution in [2.24, 2.45) is 5.73 Å². The molecule has 1 atom stereocenters. The molecule has 1 aromatic carbocycles. The Morgan fingerprint density at radius 1 is 1.33 bits per heavy atom. The highest BCUT2D eigenvalue weighted by Crippen LogP contribution is 2.33. The van der Waals surface area contributed by atoms with E-state index in [4.69, 9.17) is 10.2 Å². The molecule has 3 aromatic rings. The van der Waals surface area contributed by atoms with E-state index in [1.54, 1.807) is 11.3 Å². The van der Waals surface area contributed by atoms with Crippen LogP contribution in [0.25, 0.3) is 11.0 Å². The maximum atomic E-state index is 6.28. The summed E-state index contributed by atoms with van der Waals surface area (Å²) >= 11 is 5.16. The van der Waals surface area contributed by atoms with Crippen LogP contribution >= 0.6 is 27.3 Å². The standard InChI is InChI=1S/C14H12BrNOS/c1-8-5-6-18-14(8)12(16)11-7-9-3-2-4-10(15)13(9)17-11/h2-7,12H,16H2,1H3. The van der Waals surface area contributed by atoms with Gasteiger partial charge < -0.3 is 10.2 Å². The summed E-state index contributed by atoms with van der Waals surface area (Å²) in [5.74, 6) is 0.808. The van der Waals surface area contributed by atoms with Gasteiger partial charge in [0.2, 0.25) is 0 Å². The Labute approximate surface area is 118 Å². The van der Waals surface area contributed by atoms with E-state index in [1.165, 1.54) is 5.56 Å². The molecule has 4 heteroatoms. The molecule has 0 saturated carbocycles. The number of hydrogen-bond donors (Lipinski definition) is 1. The summed E-state index contributed by atoms with van der Waals surface area (Å²) in [5.41, 5.74) is 8.35. The van der Waals surface area contributed by atoms with Crippen molar-refractivity contribution < 1.29 is 4.42 Å². The lowest BCUT2D eigenvalue weighted by atomic mass is 10.1. The number of benzene rings is 1. The Morgan fingerprint density at radius 3 is 2.83 bits per heavy atom. The van der Waals surface area contributed by atoms with Crippen LogP contribution in [0.5, 0.6) is 0 Å². The molecule has 1 unspecified atom stereocenters. The average Bonchev–Trinajstić information content (AvgIpc) is 2.95. The van der Waals surface area contributed by atoms with E-state index in [9.17, 15) is 0 Å². The molecule has 0 bridgehead atoms. The molecule has 2 heterocycles. The van der Waals surface area contributed by atoms with Crippen LogP contribution < -0.4 is 5.73 Å². The number of fused-ring (bicyclic) bond motifs is 1. The Kier molecular flexibility index (Phi) is 3.01. The summed E-state index contributed by atoms with van der Waals surface area (Å²) in [6.07, 6.45) is 0. The second-order valence-corrected chi connectivity index (χ2v) is 6.05. The van der Waals surface area contributed by atoms with Crippen LogP contribution in [0.3, 0.4) is 0 Å². The number of aryl methyl sites for hydroxylation is 1.